The lowest BCUT2D eigenvalue weighted by molar-refractivity contribution is 0.0930. The van der Waals surface area contributed by atoms with Crippen LogP contribution >= 0.6 is 24.0 Å². The Morgan fingerprint density at radius 1 is 1.21 bits per heavy atom. The van der Waals surface area contributed by atoms with E-state index in [4.69, 9.17) is 17.3 Å². The molecule has 2 aromatic rings. The molecule has 5 heteroatoms. The summed E-state index contributed by atoms with van der Waals surface area (Å²) in [6.07, 6.45) is 1.14. The molecule has 0 saturated heterocycles. The Labute approximate surface area is 154 Å². The first-order valence-corrected chi connectivity index (χ1v) is 8.31. The predicted octanol–water partition coefficient (Wildman–Crippen LogP) is 4.35. The molecule has 0 radical (unpaired) electrons. The molecule has 24 heavy (non-hydrogen) atoms. The summed E-state index contributed by atoms with van der Waals surface area (Å²) in [6, 6.07) is 15.2. The number of nitrogens with one attached hydrogen (secondary N) is 1. The van der Waals surface area contributed by atoms with E-state index in [0.29, 0.717) is 29.0 Å². The third kappa shape index (κ3) is 4.29. The first-order chi connectivity index (χ1) is 11.1. The van der Waals surface area contributed by atoms with Crippen molar-refractivity contribution in [2.75, 3.05) is 0 Å². The van der Waals surface area contributed by atoms with E-state index in [1.807, 2.05) is 48.5 Å². The second kappa shape index (κ2) is 8.02. The lowest BCUT2D eigenvalue weighted by atomic mass is 10.0. The quantitative estimate of drug-likeness (QED) is 0.828. The molecule has 1 aliphatic rings. The highest BCUT2D eigenvalue weighted by molar-refractivity contribution is 6.30. The second-order valence-corrected chi connectivity index (χ2v) is 6.72. The van der Waals surface area contributed by atoms with Crippen LogP contribution in [0.25, 0.3) is 0 Å². The fraction of sp³-hybridized carbons (Fsp3) is 0.316. The Kier molecular flexibility index (Phi) is 6.27. The van der Waals surface area contributed by atoms with Gasteiger partial charge in [0.15, 0.2) is 0 Å². The van der Waals surface area contributed by atoms with Crippen LogP contribution < -0.4 is 11.1 Å². The van der Waals surface area contributed by atoms with Crippen molar-refractivity contribution in [1.82, 2.24) is 5.32 Å². The summed E-state index contributed by atoms with van der Waals surface area (Å²) in [5.41, 5.74) is 8.39. The van der Waals surface area contributed by atoms with Crippen molar-refractivity contribution in [1.29, 1.82) is 0 Å². The number of carbonyl (C=O) groups is 1. The highest BCUT2D eigenvalue weighted by Crippen LogP contribution is 2.47. The first kappa shape index (κ1) is 18.8. The number of halogens is 2. The summed E-state index contributed by atoms with van der Waals surface area (Å²) in [6.45, 7) is 2.70. The molecule has 0 heterocycles. The van der Waals surface area contributed by atoms with Gasteiger partial charge in [0, 0.05) is 17.1 Å². The highest BCUT2D eigenvalue weighted by atomic mass is 35.5. The zero-order chi connectivity index (χ0) is 16.4. The molecule has 1 fully saturated rings. The number of hydrogen-bond acceptors (Lipinski definition) is 2. The lowest BCUT2D eigenvalue weighted by Crippen LogP contribution is -2.30. The van der Waals surface area contributed by atoms with E-state index < -0.39 is 0 Å². The van der Waals surface area contributed by atoms with Gasteiger partial charge in [0.2, 0.25) is 0 Å². The monoisotopic (exact) mass is 364 g/mol. The van der Waals surface area contributed by atoms with Crippen LogP contribution in [-0.2, 0) is 6.54 Å². The third-order valence-corrected chi connectivity index (χ3v) is 4.82. The number of carbonyl (C=O) groups excluding carboxylic acids is 1. The Hall–Kier alpha value is -1.55. The van der Waals surface area contributed by atoms with Gasteiger partial charge < -0.3 is 11.1 Å². The normalized spacial score (nSPS) is 20.0. The lowest BCUT2D eigenvalue weighted by Gasteiger charge is -2.20. The molecule has 128 valence electrons. The van der Waals surface area contributed by atoms with Gasteiger partial charge in [-0.05, 0) is 53.6 Å². The fourth-order valence-electron chi connectivity index (χ4n) is 2.94. The molecule has 1 saturated carbocycles. The molecule has 0 bridgehead atoms. The molecule has 3 nitrogen and oxygen atoms in total. The average molecular weight is 365 g/mol. The molecule has 2 aromatic carbocycles. The van der Waals surface area contributed by atoms with Crippen molar-refractivity contribution in [3.8, 4) is 0 Å². The third-order valence-electron chi connectivity index (χ3n) is 4.57. The molecule has 0 spiro atoms. The second-order valence-electron chi connectivity index (χ2n) is 6.28. The number of rotatable bonds is 5. The van der Waals surface area contributed by atoms with Crippen LogP contribution in [0.1, 0.15) is 40.9 Å². The van der Waals surface area contributed by atoms with Gasteiger partial charge in [0.05, 0.1) is 6.04 Å². The van der Waals surface area contributed by atoms with Crippen LogP contribution in [0.5, 0.6) is 0 Å². The van der Waals surface area contributed by atoms with Crippen molar-refractivity contribution in [3.63, 3.8) is 0 Å². The minimum Gasteiger partial charge on any atom is -0.345 e. The largest absolute Gasteiger partial charge is 0.345 e. The molecular weight excluding hydrogens is 343 g/mol. The minimum absolute atomic E-state index is 0. The van der Waals surface area contributed by atoms with Gasteiger partial charge in [-0.1, -0.05) is 42.8 Å². The Bertz CT molecular complexity index is 686. The van der Waals surface area contributed by atoms with Gasteiger partial charge in [-0.2, -0.15) is 0 Å². The maximum absolute atomic E-state index is 12.6. The Balaban J connectivity index is 0.00000208. The van der Waals surface area contributed by atoms with E-state index >= 15 is 0 Å². The van der Waals surface area contributed by atoms with E-state index in [2.05, 4.69) is 12.2 Å². The van der Waals surface area contributed by atoms with Gasteiger partial charge in [-0.25, -0.2) is 0 Å². The zero-order valence-corrected chi connectivity index (χ0v) is 15.1. The van der Waals surface area contributed by atoms with Gasteiger partial charge in [-0.3, -0.25) is 4.79 Å². The van der Waals surface area contributed by atoms with Crippen LogP contribution in [0.4, 0.5) is 0 Å². The van der Waals surface area contributed by atoms with E-state index in [-0.39, 0.29) is 24.4 Å². The number of benzene rings is 2. The van der Waals surface area contributed by atoms with E-state index in [9.17, 15) is 4.79 Å². The molecule has 3 N–H and O–H groups in total. The van der Waals surface area contributed by atoms with Crippen LogP contribution in [-0.4, -0.2) is 5.91 Å². The molecule has 1 amide bonds. The summed E-state index contributed by atoms with van der Waals surface area (Å²) in [4.78, 5) is 12.6. The summed E-state index contributed by atoms with van der Waals surface area (Å²) >= 11 is 5.97. The molecule has 0 aliphatic heterocycles. The van der Waals surface area contributed by atoms with Crippen molar-refractivity contribution in [2.24, 2.45) is 17.6 Å². The topological polar surface area (TPSA) is 55.1 Å². The van der Waals surface area contributed by atoms with Crippen molar-refractivity contribution in [3.05, 3.63) is 70.2 Å². The molecule has 3 unspecified atom stereocenters. The summed E-state index contributed by atoms with van der Waals surface area (Å²) < 4.78 is 0. The van der Waals surface area contributed by atoms with Crippen LogP contribution in [0.2, 0.25) is 5.02 Å². The SMILES string of the molecule is CC1CC1C(NC(=O)c1ccc(CN)cc1)c1ccc(Cl)cc1.Cl. The molecule has 1 aliphatic carbocycles. The first-order valence-electron chi connectivity index (χ1n) is 7.94. The minimum atomic E-state index is -0.0485. The van der Waals surface area contributed by atoms with Crippen LogP contribution in [0.15, 0.2) is 48.5 Å². The van der Waals surface area contributed by atoms with E-state index in [0.717, 1.165) is 17.5 Å². The average Bonchev–Trinajstić information content (AvgIpc) is 3.30. The van der Waals surface area contributed by atoms with Gasteiger partial charge in [-0.15, -0.1) is 12.4 Å². The summed E-state index contributed by atoms with van der Waals surface area (Å²) in [7, 11) is 0. The van der Waals surface area contributed by atoms with E-state index in [1.165, 1.54) is 0 Å². The maximum Gasteiger partial charge on any atom is 0.251 e. The maximum atomic E-state index is 12.6. The molecule has 0 aromatic heterocycles. The summed E-state index contributed by atoms with van der Waals surface area (Å²) in [5, 5.41) is 3.89. The Morgan fingerprint density at radius 2 is 1.79 bits per heavy atom. The van der Waals surface area contributed by atoms with E-state index in [1.54, 1.807) is 0 Å². The molecule has 3 rings (SSSR count). The number of nitrogens with two attached hydrogens (primary N) is 1. The molecule has 3 atom stereocenters. The fourth-order valence-corrected chi connectivity index (χ4v) is 3.07. The summed E-state index contributed by atoms with van der Waals surface area (Å²) in [5.74, 6) is 1.08. The van der Waals surface area contributed by atoms with Gasteiger partial charge in [0.1, 0.15) is 0 Å². The van der Waals surface area contributed by atoms with Crippen molar-refractivity contribution >= 4 is 29.9 Å². The number of amides is 1. The van der Waals surface area contributed by atoms with Crippen LogP contribution in [0, 0.1) is 11.8 Å². The van der Waals surface area contributed by atoms with Crippen molar-refractivity contribution in [2.45, 2.75) is 25.9 Å². The van der Waals surface area contributed by atoms with Gasteiger partial charge in [0.25, 0.3) is 5.91 Å². The Morgan fingerprint density at radius 3 is 2.29 bits per heavy atom. The predicted molar refractivity (Wildman–Crippen MR) is 101 cm³/mol. The smallest absolute Gasteiger partial charge is 0.251 e. The van der Waals surface area contributed by atoms with Gasteiger partial charge >= 0.3 is 0 Å². The standard InChI is InChI=1S/C19H21ClN2O.ClH/c1-12-10-17(12)18(14-6-8-16(20)9-7-14)22-19(23)15-4-2-13(11-21)3-5-15;/h2-9,12,17-18H,10-11,21H2,1H3,(H,22,23);1H. The van der Waals surface area contributed by atoms with Crippen LogP contribution in [0.3, 0.4) is 0 Å². The number of hydrogen-bond donors (Lipinski definition) is 2. The van der Waals surface area contributed by atoms with Crippen molar-refractivity contribution < 1.29 is 4.79 Å². The zero-order valence-electron chi connectivity index (χ0n) is 13.5. The highest BCUT2D eigenvalue weighted by Gasteiger charge is 2.41. The molecular formula is C19H22Cl2N2O.